The van der Waals surface area contributed by atoms with E-state index in [9.17, 15) is 13.2 Å². The van der Waals surface area contributed by atoms with E-state index in [2.05, 4.69) is 24.5 Å². The Morgan fingerprint density at radius 3 is 2.77 bits per heavy atom. The van der Waals surface area contributed by atoms with E-state index in [0.29, 0.717) is 34.6 Å². The summed E-state index contributed by atoms with van der Waals surface area (Å²) >= 11 is 5.85. The number of carbonyl (C=O) groups is 1. The zero-order valence-electron chi connectivity index (χ0n) is 15.4. The van der Waals surface area contributed by atoms with Crippen molar-refractivity contribution >= 4 is 44.8 Å². The Bertz CT molecular complexity index is 1180. The Hall–Kier alpha value is -2.64. The van der Waals surface area contributed by atoms with Crippen LogP contribution in [0.1, 0.15) is 29.4 Å². The van der Waals surface area contributed by atoms with Gasteiger partial charge in [-0.2, -0.15) is 8.42 Å². The largest absolute Gasteiger partial charge is 0.352 e. The highest BCUT2D eigenvalue weighted by atomic mass is 35.5. The Balaban J connectivity index is 1.51. The van der Waals surface area contributed by atoms with E-state index in [4.69, 9.17) is 21.5 Å². The molecule has 1 saturated heterocycles. The number of benzene rings is 1. The lowest BCUT2D eigenvalue weighted by atomic mass is 10.2. The maximum atomic E-state index is 12.5. The maximum absolute atomic E-state index is 12.5. The molecule has 0 aliphatic carbocycles. The summed E-state index contributed by atoms with van der Waals surface area (Å²) in [4.78, 5) is 25.1. The molecule has 0 bridgehead atoms. The zero-order valence-corrected chi connectivity index (χ0v) is 17.0. The number of carbonyl (C=O) groups excluding carboxylic acids is 1. The topological polar surface area (TPSA) is 151 Å². The highest BCUT2D eigenvalue weighted by Gasteiger charge is 2.29. The number of fused-ring (bicyclic) bond motifs is 1. The first-order chi connectivity index (χ1) is 14.3. The van der Waals surface area contributed by atoms with Crippen LogP contribution in [0.5, 0.6) is 0 Å². The summed E-state index contributed by atoms with van der Waals surface area (Å²) in [6.07, 6.45) is 3.17. The molecular formula is C17H17ClN6O5S. The van der Waals surface area contributed by atoms with E-state index in [1.807, 2.05) is 0 Å². The summed E-state index contributed by atoms with van der Waals surface area (Å²) in [6.45, 7) is -0.167. The van der Waals surface area contributed by atoms with Crippen molar-refractivity contribution in [3.63, 3.8) is 0 Å². The fraction of sp³-hybridized carbons (Fsp3) is 0.294. The van der Waals surface area contributed by atoms with Crippen LogP contribution in [0.25, 0.3) is 11.2 Å². The Labute approximate surface area is 176 Å². The highest BCUT2D eigenvalue weighted by Crippen LogP contribution is 2.31. The average molecular weight is 453 g/mol. The highest BCUT2D eigenvalue weighted by molar-refractivity contribution is 7.84. The van der Waals surface area contributed by atoms with Crippen LogP contribution in [-0.2, 0) is 19.2 Å². The molecular weight excluding hydrogens is 436 g/mol. The van der Waals surface area contributed by atoms with Gasteiger partial charge in [-0.15, -0.1) is 0 Å². The average Bonchev–Trinajstić information content (AvgIpc) is 3.33. The van der Waals surface area contributed by atoms with Crippen molar-refractivity contribution < 1.29 is 22.1 Å². The molecule has 13 heteroatoms. The Morgan fingerprint density at radius 1 is 1.27 bits per heavy atom. The molecule has 11 nitrogen and oxygen atoms in total. The van der Waals surface area contributed by atoms with Gasteiger partial charge < -0.3 is 10.1 Å². The van der Waals surface area contributed by atoms with Gasteiger partial charge >= 0.3 is 10.3 Å². The molecule has 4 rings (SSSR count). The molecule has 158 valence electrons. The standard InChI is InChI=1S/C17H17ClN6O5S/c18-11-3-1-10(2-4-11)17(25)23-15-14-16(21-8-20-15)24(9-22-14)13-6-5-12(29-13)7-28-30(19,26)27/h1-4,8-9,12-13H,5-7H2,(H2,19,26,27)(H,20,21,23,25)/t12-,13?/m0/s1. The van der Waals surface area contributed by atoms with Crippen LogP contribution < -0.4 is 10.5 Å². The fourth-order valence-corrected chi connectivity index (χ4v) is 3.59. The lowest BCUT2D eigenvalue weighted by molar-refractivity contribution is -0.0149. The number of anilines is 1. The molecule has 1 aliphatic heterocycles. The second-order valence-corrected chi connectivity index (χ2v) is 8.23. The smallest absolute Gasteiger partial charge is 0.333 e. The number of hydrogen-bond acceptors (Lipinski definition) is 8. The van der Waals surface area contributed by atoms with E-state index in [-0.39, 0.29) is 18.3 Å². The number of nitrogens with one attached hydrogen (secondary N) is 1. The van der Waals surface area contributed by atoms with Gasteiger partial charge in [0.1, 0.15) is 12.6 Å². The molecule has 30 heavy (non-hydrogen) atoms. The maximum Gasteiger partial charge on any atom is 0.333 e. The van der Waals surface area contributed by atoms with Crippen LogP contribution in [0.4, 0.5) is 5.82 Å². The van der Waals surface area contributed by atoms with E-state index in [0.717, 1.165) is 0 Å². The molecule has 1 amide bonds. The Kier molecular flexibility index (Phi) is 5.66. The summed E-state index contributed by atoms with van der Waals surface area (Å²) in [6, 6.07) is 6.44. The van der Waals surface area contributed by atoms with Gasteiger partial charge in [0.25, 0.3) is 5.91 Å². The molecule has 3 aromatic rings. The number of aromatic nitrogens is 4. The lowest BCUT2D eigenvalue weighted by Crippen LogP contribution is -2.23. The molecule has 2 aromatic heterocycles. The first-order valence-corrected chi connectivity index (χ1v) is 10.7. The predicted octanol–water partition coefficient (Wildman–Crippen LogP) is 1.63. The molecule has 1 aliphatic rings. The van der Waals surface area contributed by atoms with Crippen molar-refractivity contribution in [2.24, 2.45) is 5.14 Å². The molecule has 1 aromatic carbocycles. The van der Waals surface area contributed by atoms with Crippen LogP contribution in [0.2, 0.25) is 5.02 Å². The van der Waals surface area contributed by atoms with E-state index in [1.54, 1.807) is 28.8 Å². The van der Waals surface area contributed by atoms with Crippen LogP contribution >= 0.6 is 11.6 Å². The van der Waals surface area contributed by atoms with Crippen molar-refractivity contribution in [2.75, 3.05) is 11.9 Å². The summed E-state index contributed by atoms with van der Waals surface area (Å²) < 4.78 is 34.0. The van der Waals surface area contributed by atoms with Gasteiger partial charge in [-0.3, -0.25) is 13.5 Å². The van der Waals surface area contributed by atoms with Crippen LogP contribution in [-0.4, -0.2) is 46.6 Å². The molecule has 0 spiro atoms. The van der Waals surface area contributed by atoms with E-state index >= 15 is 0 Å². The second kappa shape index (κ2) is 8.24. The van der Waals surface area contributed by atoms with Gasteiger partial charge in [-0.05, 0) is 37.1 Å². The minimum Gasteiger partial charge on any atom is -0.352 e. The molecule has 0 radical (unpaired) electrons. The number of hydrogen-bond donors (Lipinski definition) is 2. The third-order valence-corrected chi connectivity index (χ3v) is 5.23. The molecule has 3 heterocycles. The number of nitrogens with zero attached hydrogens (tertiary/aromatic N) is 4. The molecule has 1 unspecified atom stereocenters. The summed E-state index contributed by atoms with van der Waals surface area (Å²) in [5.74, 6) is -0.107. The van der Waals surface area contributed by atoms with Gasteiger partial charge in [0.05, 0.1) is 19.0 Å². The fourth-order valence-electron chi connectivity index (χ4n) is 3.12. The molecule has 3 N–H and O–H groups in total. The number of halogens is 1. The number of imidazole rings is 1. The minimum atomic E-state index is -4.03. The van der Waals surface area contributed by atoms with Crippen molar-refractivity contribution in [1.29, 1.82) is 0 Å². The summed E-state index contributed by atoms with van der Waals surface area (Å²) in [5, 5.41) is 8.09. The zero-order chi connectivity index (χ0) is 21.3. The van der Waals surface area contributed by atoms with Crippen molar-refractivity contribution in [1.82, 2.24) is 19.5 Å². The van der Waals surface area contributed by atoms with Crippen molar-refractivity contribution in [3.8, 4) is 0 Å². The SMILES string of the molecule is NS(=O)(=O)OC[C@@H]1CCC(n2cnc3c(NC(=O)c4ccc(Cl)cc4)ncnc32)O1. The van der Waals surface area contributed by atoms with Crippen molar-refractivity contribution in [3.05, 3.63) is 47.5 Å². The summed E-state index contributed by atoms with van der Waals surface area (Å²) in [5.41, 5.74) is 1.28. The van der Waals surface area contributed by atoms with Crippen molar-refractivity contribution in [2.45, 2.75) is 25.2 Å². The second-order valence-electron chi connectivity index (χ2n) is 6.57. The number of amides is 1. The number of nitrogens with two attached hydrogens (primary N) is 1. The number of rotatable bonds is 6. The van der Waals surface area contributed by atoms with Gasteiger partial charge in [-0.1, -0.05) is 11.6 Å². The first-order valence-electron chi connectivity index (χ1n) is 8.87. The van der Waals surface area contributed by atoms with Crippen LogP contribution in [0.3, 0.4) is 0 Å². The van der Waals surface area contributed by atoms with Gasteiger partial charge in [-0.25, -0.2) is 20.1 Å². The third kappa shape index (κ3) is 4.57. The van der Waals surface area contributed by atoms with Gasteiger partial charge in [0.2, 0.25) is 0 Å². The monoisotopic (exact) mass is 452 g/mol. The van der Waals surface area contributed by atoms with Gasteiger partial charge in [0, 0.05) is 10.6 Å². The lowest BCUT2D eigenvalue weighted by Gasteiger charge is -2.15. The predicted molar refractivity (Wildman–Crippen MR) is 107 cm³/mol. The molecule has 1 fully saturated rings. The number of ether oxygens (including phenoxy) is 1. The molecule has 2 atom stereocenters. The van der Waals surface area contributed by atoms with Crippen LogP contribution in [0, 0.1) is 0 Å². The van der Waals surface area contributed by atoms with E-state index in [1.165, 1.54) is 12.7 Å². The van der Waals surface area contributed by atoms with Crippen LogP contribution in [0.15, 0.2) is 36.9 Å². The molecule has 0 saturated carbocycles. The normalized spacial score (nSPS) is 19.3. The first kappa shape index (κ1) is 20.6. The summed E-state index contributed by atoms with van der Waals surface area (Å²) in [7, 11) is -4.03. The Morgan fingerprint density at radius 2 is 2.03 bits per heavy atom. The van der Waals surface area contributed by atoms with Gasteiger partial charge in [0.15, 0.2) is 17.0 Å². The third-order valence-electron chi connectivity index (χ3n) is 4.51. The quantitative estimate of drug-likeness (QED) is 0.572. The van der Waals surface area contributed by atoms with E-state index < -0.39 is 22.6 Å². The minimum absolute atomic E-state index is 0.167.